The lowest BCUT2D eigenvalue weighted by atomic mass is 10.1. The van der Waals surface area contributed by atoms with Crippen LogP contribution in [0.3, 0.4) is 0 Å². The van der Waals surface area contributed by atoms with Gasteiger partial charge < -0.3 is 5.32 Å². The summed E-state index contributed by atoms with van der Waals surface area (Å²) in [6, 6.07) is 2.00. The number of hydrogen-bond donors (Lipinski definition) is 1. The van der Waals surface area contributed by atoms with E-state index in [9.17, 15) is 0 Å². The number of nitrogens with one attached hydrogen (secondary N) is 1. The Morgan fingerprint density at radius 1 is 1.26 bits per heavy atom. The number of fused-ring (bicyclic) bond motifs is 1. The SMILES string of the molecule is Cc1ccncc1CNc1ncnc2c1cnn2C. The van der Waals surface area contributed by atoms with E-state index in [2.05, 4.69) is 32.3 Å². The summed E-state index contributed by atoms with van der Waals surface area (Å²) in [6.45, 7) is 2.75. The van der Waals surface area contributed by atoms with E-state index in [-0.39, 0.29) is 0 Å². The topological polar surface area (TPSA) is 68.5 Å². The van der Waals surface area contributed by atoms with Gasteiger partial charge in [-0.25, -0.2) is 9.97 Å². The Morgan fingerprint density at radius 3 is 3.00 bits per heavy atom. The molecule has 0 saturated heterocycles. The van der Waals surface area contributed by atoms with E-state index < -0.39 is 0 Å². The van der Waals surface area contributed by atoms with Crippen LogP contribution in [0.15, 0.2) is 31.0 Å². The first-order valence-electron chi connectivity index (χ1n) is 6.02. The maximum atomic E-state index is 4.27. The molecule has 19 heavy (non-hydrogen) atoms. The van der Waals surface area contributed by atoms with Crippen LogP contribution in [0.5, 0.6) is 0 Å². The van der Waals surface area contributed by atoms with E-state index in [1.54, 1.807) is 23.4 Å². The van der Waals surface area contributed by atoms with Crippen molar-refractivity contribution < 1.29 is 0 Å². The molecule has 0 atom stereocenters. The number of nitrogens with zero attached hydrogens (tertiary/aromatic N) is 5. The first-order chi connectivity index (χ1) is 9.25. The fraction of sp³-hybridized carbons (Fsp3) is 0.231. The van der Waals surface area contributed by atoms with Crippen LogP contribution in [-0.4, -0.2) is 24.7 Å². The molecule has 0 spiro atoms. The molecule has 6 heteroatoms. The van der Waals surface area contributed by atoms with Crippen LogP contribution in [0, 0.1) is 6.92 Å². The average molecular weight is 254 g/mol. The largest absolute Gasteiger partial charge is 0.365 e. The van der Waals surface area contributed by atoms with Crippen LogP contribution in [0.25, 0.3) is 11.0 Å². The van der Waals surface area contributed by atoms with Gasteiger partial charge in [-0.15, -0.1) is 0 Å². The minimum atomic E-state index is 0.681. The van der Waals surface area contributed by atoms with Crippen molar-refractivity contribution in [2.24, 2.45) is 7.05 Å². The molecule has 0 aliphatic rings. The number of hydrogen-bond acceptors (Lipinski definition) is 5. The smallest absolute Gasteiger partial charge is 0.163 e. The lowest BCUT2D eigenvalue weighted by molar-refractivity contribution is 0.785. The van der Waals surface area contributed by atoms with Gasteiger partial charge in [0, 0.05) is 26.0 Å². The second kappa shape index (κ2) is 4.64. The molecule has 6 nitrogen and oxygen atoms in total. The Bertz CT molecular complexity index is 718. The zero-order valence-electron chi connectivity index (χ0n) is 10.8. The molecule has 0 fully saturated rings. The molecule has 3 aromatic rings. The first-order valence-corrected chi connectivity index (χ1v) is 6.02. The van der Waals surface area contributed by atoms with E-state index >= 15 is 0 Å². The summed E-state index contributed by atoms with van der Waals surface area (Å²) in [6.07, 6.45) is 6.98. The molecule has 0 aromatic carbocycles. The van der Waals surface area contributed by atoms with Crippen LogP contribution in [0.1, 0.15) is 11.1 Å². The number of pyridine rings is 1. The van der Waals surface area contributed by atoms with Crippen molar-refractivity contribution in [3.05, 3.63) is 42.1 Å². The van der Waals surface area contributed by atoms with E-state index in [0.717, 1.165) is 22.4 Å². The molecular formula is C13H14N6. The molecule has 1 N–H and O–H groups in total. The second-order valence-corrected chi connectivity index (χ2v) is 4.38. The lowest BCUT2D eigenvalue weighted by Crippen LogP contribution is -2.04. The van der Waals surface area contributed by atoms with Gasteiger partial charge in [0.15, 0.2) is 5.65 Å². The van der Waals surface area contributed by atoms with Gasteiger partial charge in [-0.1, -0.05) is 0 Å². The third-order valence-corrected chi connectivity index (χ3v) is 3.12. The standard InChI is InChI=1S/C13H14N6/c1-9-3-4-14-5-10(9)6-15-12-11-7-18-19(2)13(11)17-8-16-12/h3-5,7-8H,6H2,1-2H3,(H,15,16,17). The molecule has 0 unspecified atom stereocenters. The van der Waals surface area contributed by atoms with Crippen molar-refractivity contribution in [2.45, 2.75) is 13.5 Å². The molecule has 0 bridgehead atoms. The fourth-order valence-electron chi connectivity index (χ4n) is 1.96. The molecule has 0 amide bonds. The lowest BCUT2D eigenvalue weighted by Gasteiger charge is -2.08. The van der Waals surface area contributed by atoms with E-state index in [1.807, 2.05) is 19.3 Å². The zero-order valence-corrected chi connectivity index (χ0v) is 10.8. The predicted octanol–water partition coefficient (Wildman–Crippen LogP) is 1.68. The third-order valence-electron chi connectivity index (χ3n) is 3.12. The van der Waals surface area contributed by atoms with Gasteiger partial charge in [0.05, 0.1) is 11.6 Å². The summed E-state index contributed by atoms with van der Waals surface area (Å²) in [7, 11) is 1.87. The summed E-state index contributed by atoms with van der Waals surface area (Å²) in [5.41, 5.74) is 3.18. The van der Waals surface area contributed by atoms with Crippen LogP contribution in [-0.2, 0) is 13.6 Å². The van der Waals surface area contributed by atoms with E-state index in [1.165, 1.54) is 5.56 Å². The molecule has 0 radical (unpaired) electrons. The molecule has 3 aromatic heterocycles. The molecule has 0 aliphatic heterocycles. The monoisotopic (exact) mass is 254 g/mol. The molecule has 3 heterocycles. The van der Waals surface area contributed by atoms with Crippen molar-refractivity contribution in [1.82, 2.24) is 24.7 Å². The van der Waals surface area contributed by atoms with Gasteiger partial charge in [-0.3, -0.25) is 9.67 Å². The zero-order chi connectivity index (χ0) is 13.2. The quantitative estimate of drug-likeness (QED) is 0.770. The van der Waals surface area contributed by atoms with Gasteiger partial charge in [-0.05, 0) is 24.1 Å². The van der Waals surface area contributed by atoms with Crippen LogP contribution in [0.4, 0.5) is 5.82 Å². The normalized spacial score (nSPS) is 10.8. The summed E-state index contributed by atoms with van der Waals surface area (Å²) in [4.78, 5) is 12.6. The maximum Gasteiger partial charge on any atom is 0.163 e. The van der Waals surface area contributed by atoms with Gasteiger partial charge in [-0.2, -0.15) is 5.10 Å². The summed E-state index contributed by atoms with van der Waals surface area (Å²) < 4.78 is 1.73. The number of aromatic nitrogens is 5. The number of anilines is 1. The average Bonchev–Trinajstić information content (AvgIpc) is 2.81. The highest BCUT2D eigenvalue weighted by molar-refractivity contribution is 5.85. The molecule has 96 valence electrons. The third kappa shape index (κ3) is 2.12. The molecule has 0 saturated carbocycles. The highest BCUT2D eigenvalue weighted by Crippen LogP contribution is 2.18. The minimum Gasteiger partial charge on any atom is -0.365 e. The first kappa shape index (κ1) is 11.6. The Hall–Kier alpha value is -2.50. The number of rotatable bonds is 3. The van der Waals surface area contributed by atoms with Crippen LogP contribution >= 0.6 is 0 Å². The summed E-state index contributed by atoms with van der Waals surface area (Å²) >= 11 is 0. The molecule has 3 rings (SSSR count). The van der Waals surface area contributed by atoms with Gasteiger partial charge in [0.1, 0.15) is 12.1 Å². The summed E-state index contributed by atoms with van der Waals surface area (Å²) in [5.74, 6) is 0.793. The summed E-state index contributed by atoms with van der Waals surface area (Å²) in [5, 5.41) is 8.43. The number of aryl methyl sites for hydroxylation is 2. The minimum absolute atomic E-state index is 0.681. The fourth-order valence-corrected chi connectivity index (χ4v) is 1.96. The van der Waals surface area contributed by atoms with Crippen LogP contribution in [0.2, 0.25) is 0 Å². The van der Waals surface area contributed by atoms with E-state index in [4.69, 9.17) is 0 Å². The Labute approximate surface area is 110 Å². The Kier molecular flexibility index (Phi) is 2.83. The van der Waals surface area contributed by atoms with Crippen molar-refractivity contribution in [3.8, 4) is 0 Å². The van der Waals surface area contributed by atoms with Gasteiger partial charge in [0.2, 0.25) is 0 Å². The molecular weight excluding hydrogens is 240 g/mol. The second-order valence-electron chi connectivity index (χ2n) is 4.38. The van der Waals surface area contributed by atoms with Gasteiger partial charge in [0.25, 0.3) is 0 Å². The maximum absolute atomic E-state index is 4.27. The van der Waals surface area contributed by atoms with Crippen molar-refractivity contribution in [2.75, 3.05) is 5.32 Å². The molecule has 0 aliphatic carbocycles. The predicted molar refractivity (Wildman–Crippen MR) is 72.6 cm³/mol. The van der Waals surface area contributed by atoms with Crippen molar-refractivity contribution in [3.63, 3.8) is 0 Å². The van der Waals surface area contributed by atoms with Crippen LogP contribution < -0.4 is 5.32 Å². The highest BCUT2D eigenvalue weighted by Gasteiger charge is 2.07. The van der Waals surface area contributed by atoms with Gasteiger partial charge >= 0.3 is 0 Å². The van der Waals surface area contributed by atoms with E-state index in [0.29, 0.717) is 6.54 Å². The highest BCUT2D eigenvalue weighted by atomic mass is 15.3. The van der Waals surface area contributed by atoms with Crippen molar-refractivity contribution in [1.29, 1.82) is 0 Å². The van der Waals surface area contributed by atoms with Crippen molar-refractivity contribution >= 4 is 16.9 Å². The Morgan fingerprint density at radius 2 is 2.16 bits per heavy atom. The Balaban J connectivity index is 1.88.